The number of fused-ring (bicyclic) bond motifs is 1. The molecule has 0 spiro atoms. The minimum Gasteiger partial charge on any atom is -0.481 e. The lowest BCUT2D eigenvalue weighted by atomic mass is 10.0. The Balaban J connectivity index is 1.60. The Kier molecular flexibility index (Phi) is 6.20. The fraction of sp³-hybridized carbons (Fsp3) is 0.129. The molecule has 8 heteroatoms. The first-order valence-corrected chi connectivity index (χ1v) is 12.6. The minimum atomic E-state index is -0.863. The summed E-state index contributed by atoms with van der Waals surface area (Å²) in [6.45, 7) is 3.76. The van der Waals surface area contributed by atoms with Gasteiger partial charge in [-0.3, -0.25) is 9.78 Å². The van der Waals surface area contributed by atoms with Gasteiger partial charge in [0, 0.05) is 18.0 Å². The van der Waals surface area contributed by atoms with Crippen molar-refractivity contribution in [2.45, 2.75) is 26.3 Å². The van der Waals surface area contributed by atoms with Crippen molar-refractivity contribution in [3.05, 3.63) is 120 Å². The lowest BCUT2D eigenvalue weighted by Crippen LogP contribution is -2.13. The molecule has 0 saturated heterocycles. The average molecular weight is 516 g/mol. The number of rotatable bonds is 7. The Morgan fingerprint density at radius 2 is 1.74 bits per heavy atom. The van der Waals surface area contributed by atoms with Gasteiger partial charge >= 0.3 is 5.97 Å². The molecule has 1 N–H and O–H groups in total. The molecule has 0 aliphatic carbocycles. The van der Waals surface area contributed by atoms with E-state index in [-0.39, 0.29) is 12.5 Å². The number of pyridine rings is 1. The van der Waals surface area contributed by atoms with E-state index in [1.165, 1.54) is 0 Å². The maximum atomic E-state index is 11.2. The van der Waals surface area contributed by atoms with E-state index in [4.69, 9.17) is 19.5 Å². The molecule has 1 atom stereocenters. The van der Waals surface area contributed by atoms with Crippen LogP contribution >= 0.6 is 0 Å². The van der Waals surface area contributed by atoms with Gasteiger partial charge in [-0.1, -0.05) is 65.8 Å². The Morgan fingerprint density at radius 1 is 0.974 bits per heavy atom. The van der Waals surface area contributed by atoms with Crippen molar-refractivity contribution in [1.82, 2.24) is 24.7 Å². The number of aromatic nitrogens is 5. The van der Waals surface area contributed by atoms with Crippen molar-refractivity contribution in [1.29, 1.82) is 0 Å². The largest absolute Gasteiger partial charge is 0.481 e. The molecule has 0 amide bonds. The zero-order valence-corrected chi connectivity index (χ0v) is 21.4. The van der Waals surface area contributed by atoms with Gasteiger partial charge in [-0.2, -0.15) is 0 Å². The second-order valence-electron chi connectivity index (χ2n) is 9.41. The molecule has 192 valence electrons. The molecule has 4 heterocycles. The van der Waals surface area contributed by atoms with Gasteiger partial charge in [-0.25, -0.2) is 9.97 Å². The second-order valence-corrected chi connectivity index (χ2v) is 9.41. The van der Waals surface area contributed by atoms with Gasteiger partial charge < -0.3 is 14.2 Å². The van der Waals surface area contributed by atoms with Crippen LogP contribution in [-0.2, 0) is 11.2 Å². The number of benzene rings is 2. The fourth-order valence-corrected chi connectivity index (χ4v) is 5.01. The number of carboxylic acids is 1. The molecule has 6 rings (SSSR count). The Morgan fingerprint density at radius 3 is 2.41 bits per heavy atom. The van der Waals surface area contributed by atoms with Crippen LogP contribution < -0.4 is 0 Å². The lowest BCUT2D eigenvalue weighted by Gasteiger charge is -2.20. The predicted octanol–water partition coefficient (Wildman–Crippen LogP) is 6.03. The third kappa shape index (κ3) is 4.57. The maximum Gasteiger partial charge on any atom is 0.307 e. The summed E-state index contributed by atoms with van der Waals surface area (Å²) in [5.74, 6) is -0.184. The maximum absolute atomic E-state index is 11.2. The van der Waals surface area contributed by atoms with Crippen LogP contribution in [0.4, 0.5) is 0 Å². The topological polar surface area (TPSA) is 107 Å². The highest BCUT2D eigenvalue weighted by Crippen LogP contribution is 2.36. The van der Waals surface area contributed by atoms with Crippen LogP contribution in [0.25, 0.3) is 33.5 Å². The highest BCUT2D eigenvalue weighted by atomic mass is 16.5. The van der Waals surface area contributed by atoms with Gasteiger partial charge in [0.15, 0.2) is 5.65 Å². The molecule has 0 saturated carbocycles. The van der Waals surface area contributed by atoms with E-state index in [1.807, 2.05) is 74.5 Å². The van der Waals surface area contributed by atoms with E-state index in [0.717, 1.165) is 44.7 Å². The molecule has 0 fully saturated rings. The predicted molar refractivity (Wildman–Crippen MR) is 147 cm³/mol. The van der Waals surface area contributed by atoms with Crippen molar-refractivity contribution in [2.24, 2.45) is 0 Å². The van der Waals surface area contributed by atoms with E-state index in [1.54, 1.807) is 12.4 Å². The number of carboxylic acid groups (broad SMARTS) is 1. The summed E-state index contributed by atoms with van der Waals surface area (Å²) in [4.78, 5) is 25.9. The molecular weight excluding hydrogens is 490 g/mol. The number of aliphatic carboxylic acids is 1. The molecule has 1 unspecified atom stereocenters. The van der Waals surface area contributed by atoms with Crippen LogP contribution in [0, 0.1) is 13.8 Å². The first-order chi connectivity index (χ1) is 19.0. The van der Waals surface area contributed by atoms with Crippen LogP contribution in [-0.4, -0.2) is 35.8 Å². The Bertz CT molecular complexity index is 1720. The highest BCUT2D eigenvalue weighted by molar-refractivity contribution is 5.92. The molecule has 39 heavy (non-hydrogen) atoms. The smallest absolute Gasteiger partial charge is 0.307 e. The molecule has 0 radical (unpaired) electrons. The van der Waals surface area contributed by atoms with Gasteiger partial charge in [0.2, 0.25) is 0 Å². The molecule has 2 aromatic carbocycles. The van der Waals surface area contributed by atoms with Crippen molar-refractivity contribution in [2.75, 3.05) is 0 Å². The van der Waals surface area contributed by atoms with E-state index >= 15 is 0 Å². The van der Waals surface area contributed by atoms with Crippen LogP contribution in [0.15, 0.2) is 95.9 Å². The standard InChI is InChI=1S/C31H25N5O3/c1-19-28(20(2)39-35-19)26-17-33-29-24(22-13-11-21(12-14-22)16-27(37)38)18-36(31(29)34-26)30(23-8-4-3-5-9-23)25-10-6-7-15-32-25/h3-15,17-18,30H,16H2,1-2H3,(H,37,38). The van der Waals surface area contributed by atoms with E-state index in [0.29, 0.717) is 17.1 Å². The minimum absolute atomic E-state index is 0.0294. The first-order valence-electron chi connectivity index (χ1n) is 12.6. The quantitative estimate of drug-likeness (QED) is 0.277. The molecule has 8 nitrogen and oxygen atoms in total. The van der Waals surface area contributed by atoms with Gasteiger partial charge in [0.05, 0.1) is 35.3 Å². The fourth-order valence-electron chi connectivity index (χ4n) is 5.01. The van der Waals surface area contributed by atoms with E-state index in [2.05, 4.69) is 28.1 Å². The van der Waals surface area contributed by atoms with Crippen molar-refractivity contribution in [3.8, 4) is 22.4 Å². The van der Waals surface area contributed by atoms with Crippen LogP contribution in [0.2, 0.25) is 0 Å². The van der Waals surface area contributed by atoms with Gasteiger partial charge in [0.1, 0.15) is 17.3 Å². The first kappa shape index (κ1) is 24.2. The summed E-state index contributed by atoms with van der Waals surface area (Å²) in [6, 6.07) is 23.3. The summed E-state index contributed by atoms with van der Waals surface area (Å²) in [5.41, 5.74) is 8.14. The molecular formula is C31H25N5O3. The van der Waals surface area contributed by atoms with E-state index < -0.39 is 5.97 Å². The highest BCUT2D eigenvalue weighted by Gasteiger charge is 2.25. The summed E-state index contributed by atoms with van der Waals surface area (Å²) >= 11 is 0. The van der Waals surface area contributed by atoms with Crippen LogP contribution in [0.3, 0.4) is 0 Å². The zero-order valence-electron chi connectivity index (χ0n) is 21.4. The normalized spacial score (nSPS) is 12.1. The van der Waals surface area contributed by atoms with Crippen molar-refractivity contribution >= 4 is 17.1 Å². The third-order valence-electron chi connectivity index (χ3n) is 6.79. The summed E-state index contributed by atoms with van der Waals surface area (Å²) in [7, 11) is 0. The van der Waals surface area contributed by atoms with Crippen molar-refractivity contribution in [3.63, 3.8) is 0 Å². The SMILES string of the molecule is Cc1noc(C)c1-c1cnc2c(-c3ccc(CC(=O)O)cc3)cn(C(c3ccccc3)c3ccccn3)c2n1. The molecule has 4 aromatic heterocycles. The number of carbonyl (C=O) groups is 1. The summed E-state index contributed by atoms with van der Waals surface area (Å²) in [6.07, 6.45) is 5.57. The van der Waals surface area contributed by atoms with E-state index in [9.17, 15) is 9.90 Å². The zero-order chi connectivity index (χ0) is 26.9. The molecule has 0 bridgehead atoms. The van der Waals surface area contributed by atoms with Crippen LogP contribution in [0.5, 0.6) is 0 Å². The van der Waals surface area contributed by atoms with Gasteiger partial charge in [0.25, 0.3) is 0 Å². The number of aryl methyl sites for hydroxylation is 2. The number of nitrogens with zero attached hydrogens (tertiary/aromatic N) is 5. The number of hydrogen-bond donors (Lipinski definition) is 1. The van der Waals surface area contributed by atoms with Crippen molar-refractivity contribution < 1.29 is 14.4 Å². The Labute approximate surface area is 224 Å². The molecule has 0 aliphatic rings. The lowest BCUT2D eigenvalue weighted by molar-refractivity contribution is -0.136. The molecule has 0 aliphatic heterocycles. The van der Waals surface area contributed by atoms with Gasteiger partial charge in [-0.15, -0.1) is 0 Å². The van der Waals surface area contributed by atoms with Gasteiger partial charge in [-0.05, 0) is 42.7 Å². The average Bonchev–Trinajstić information content (AvgIpc) is 3.49. The monoisotopic (exact) mass is 515 g/mol. The second kappa shape index (κ2) is 9.98. The van der Waals surface area contributed by atoms with Crippen LogP contribution in [0.1, 0.15) is 34.3 Å². The number of hydrogen-bond acceptors (Lipinski definition) is 6. The Hall–Kier alpha value is -5.11. The molecule has 6 aromatic rings. The summed E-state index contributed by atoms with van der Waals surface area (Å²) in [5, 5.41) is 13.3. The summed E-state index contributed by atoms with van der Waals surface area (Å²) < 4.78 is 7.53. The third-order valence-corrected chi connectivity index (χ3v) is 6.79.